The average Bonchev–Trinajstić information content (AvgIpc) is 2.46. The van der Waals surface area contributed by atoms with Crippen molar-refractivity contribution < 1.29 is 4.79 Å². The lowest BCUT2D eigenvalue weighted by Gasteiger charge is -2.10. The van der Waals surface area contributed by atoms with Gasteiger partial charge in [-0.15, -0.1) is 0 Å². The molecule has 21 heavy (non-hydrogen) atoms. The molecule has 0 saturated heterocycles. The molecule has 0 atom stereocenters. The molecule has 5 nitrogen and oxygen atoms in total. The van der Waals surface area contributed by atoms with Crippen LogP contribution < -0.4 is 5.32 Å². The van der Waals surface area contributed by atoms with Crippen LogP contribution in [0.25, 0.3) is 0 Å². The molecule has 1 amide bonds. The smallest absolute Gasteiger partial charge is 0.271 e. The predicted octanol–water partition coefficient (Wildman–Crippen LogP) is 1.78. The monoisotopic (exact) mass is 284 g/mol. The van der Waals surface area contributed by atoms with Crippen LogP contribution in [0.5, 0.6) is 0 Å². The molecule has 0 bridgehead atoms. The van der Waals surface area contributed by atoms with Gasteiger partial charge in [0.25, 0.3) is 5.91 Å². The number of nitrogens with one attached hydrogen (secondary N) is 1. The van der Waals surface area contributed by atoms with E-state index in [1.165, 1.54) is 11.8 Å². The van der Waals surface area contributed by atoms with Gasteiger partial charge in [0, 0.05) is 19.3 Å². The van der Waals surface area contributed by atoms with Gasteiger partial charge in [-0.1, -0.05) is 24.3 Å². The van der Waals surface area contributed by atoms with E-state index in [1.807, 2.05) is 33.2 Å². The molecule has 0 unspecified atom stereocenters. The fraction of sp³-hybridized carbons (Fsp3) is 0.312. The van der Waals surface area contributed by atoms with Crippen LogP contribution in [0.3, 0.4) is 0 Å². The molecule has 0 saturated carbocycles. The van der Waals surface area contributed by atoms with E-state index >= 15 is 0 Å². The largest absolute Gasteiger partial charge is 0.347 e. The second kappa shape index (κ2) is 6.95. The van der Waals surface area contributed by atoms with Crippen LogP contribution in [0.15, 0.2) is 36.7 Å². The maximum Gasteiger partial charge on any atom is 0.271 e. The Labute approximate surface area is 125 Å². The third-order valence-electron chi connectivity index (χ3n) is 2.99. The first-order valence-electron chi connectivity index (χ1n) is 6.84. The molecular formula is C16H20N4O. The van der Waals surface area contributed by atoms with Gasteiger partial charge in [0.05, 0.1) is 11.9 Å². The van der Waals surface area contributed by atoms with Crippen molar-refractivity contribution in [1.29, 1.82) is 0 Å². The molecule has 2 rings (SSSR count). The van der Waals surface area contributed by atoms with E-state index < -0.39 is 0 Å². The van der Waals surface area contributed by atoms with Gasteiger partial charge in [0.2, 0.25) is 0 Å². The fourth-order valence-electron chi connectivity index (χ4n) is 1.91. The summed E-state index contributed by atoms with van der Waals surface area (Å²) in [5.74, 6) is -0.208. The van der Waals surface area contributed by atoms with E-state index in [-0.39, 0.29) is 5.91 Å². The first kappa shape index (κ1) is 15.1. The average molecular weight is 284 g/mol. The Hall–Kier alpha value is -2.27. The molecule has 0 fully saturated rings. The molecule has 1 N–H and O–H groups in total. The highest BCUT2D eigenvalue weighted by molar-refractivity contribution is 5.91. The molecule has 110 valence electrons. The van der Waals surface area contributed by atoms with E-state index in [4.69, 9.17) is 0 Å². The zero-order valence-corrected chi connectivity index (χ0v) is 12.6. The van der Waals surface area contributed by atoms with Crippen molar-refractivity contribution in [2.75, 3.05) is 14.1 Å². The molecule has 0 aliphatic carbocycles. The van der Waals surface area contributed by atoms with E-state index in [2.05, 4.69) is 32.3 Å². The Kier molecular flexibility index (Phi) is 5.00. The van der Waals surface area contributed by atoms with Crippen molar-refractivity contribution in [2.24, 2.45) is 0 Å². The lowest BCUT2D eigenvalue weighted by atomic mass is 10.1. The highest BCUT2D eigenvalue weighted by Crippen LogP contribution is 2.06. The van der Waals surface area contributed by atoms with Crippen molar-refractivity contribution in [3.63, 3.8) is 0 Å². The Morgan fingerprint density at radius 1 is 1.10 bits per heavy atom. The summed E-state index contributed by atoms with van der Waals surface area (Å²) in [5.41, 5.74) is 3.44. The SMILES string of the molecule is Cc1cnc(C(=O)NCc2ccc(CN(C)C)cc2)cn1. The van der Waals surface area contributed by atoms with Crippen molar-refractivity contribution >= 4 is 5.91 Å². The van der Waals surface area contributed by atoms with Gasteiger partial charge in [-0.2, -0.15) is 0 Å². The molecule has 0 radical (unpaired) electrons. The van der Waals surface area contributed by atoms with Crippen LogP contribution in [0.2, 0.25) is 0 Å². The van der Waals surface area contributed by atoms with Crippen molar-refractivity contribution in [3.05, 3.63) is 59.2 Å². The van der Waals surface area contributed by atoms with Crippen molar-refractivity contribution in [2.45, 2.75) is 20.0 Å². The third-order valence-corrected chi connectivity index (χ3v) is 2.99. The second-order valence-corrected chi connectivity index (χ2v) is 5.28. The minimum Gasteiger partial charge on any atom is -0.347 e. The number of nitrogens with zero attached hydrogens (tertiary/aromatic N) is 3. The minimum absolute atomic E-state index is 0.208. The summed E-state index contributed by atoms with van der Waals surface area (Å²) in [6.07, 6.45) is 3.08. The van der Waals surface area contributed by atoms with Crippen molar-refractivity contribution in [1.82, 2.24) is 20.2 Å². The van der Waals surface area contributed by atoms with Crippen LogP contribution in [0.4, 0.5) is 0 Å². The lowest BCUT2D eigenvalue weighted by molar-refractivity contribution is 0.0945. The number of hydrogen-bond acceptors (Lipinski definition) is 4. The number of carbonyl (C=O) groups excluding carboxylic acids is 1. The predicted molar refractivity (Wildman–Crippen MR) is 81.8 cm³/mol. The number of aromatic nitrogens is 2. The van der Waals surface area contributed by atoms with E-state index in [9.17, 15) is 4.79 Å². The normalized spacial score (nSPS) is 10.7. The first-order chi connectivity index (χ1) is 10.0. The zero-order chi connectivity index (χ0) is 15.2. The Morgan fingerprint density at radius 2 is 1.76 bits per heavy atom. The molecule has 0 aliphatic heterocycles. The topological polar surface area (TPSA) is 58.1 Å². The van der Waals surface area contributed by atoms with Gasteiger partial charge in [0.1, 0.15) is 5.69 Å². The maximum atomic E-state index is 11.9. The Bertz CT molecular complexity index is 591. The molecular weight excluding hydrogens is 264 g/mol. The second-order valence-electron chi connectivity index (χ2n) is 5.28. The highest BCUT2D eigenvalue weighted by atomic mass is 16.1. The Balaban J connectivity index is 1.90. The first-order valence-corrected chi connectivity index (χ1v) is 6.84. The fourth-order valence-corrected chi connectivity index (χ4v) is 1.91. The van der Waals surface area contributed by atoms with Gasteiger partial charge >= 0.3 is 0 Å². The summed E-state index contributed by atoms with van der Waals surface area (Å²) < 4.78 is 0. The van der Waals surface area contributed by atoms with Gasteiger partial charge in [-0.25, -0.2) is 4.98 Å². The number of aryl methyl sites for hydroxylation is 1. The Morgan fingerprint density at radius 3 is 2.33 bits per heavy atom. The number of benzene rings is 1. The van der Waals surface area contributed by atoms with Gasteiger partial charge in [-0.05, 0) is 32.1 Å². The molecule has 0 aliphatic rings. The summed E-state index contributed by atoms with van der Waals surface area (Å²) in [7, 11) is 4.08. The number of amides is 1. The quantitative estimate of drug-likeness (QED) is 0.909. The van der Waals surface area contributed by atoms with E-state index in [0.29, 0.717) is 12.2 Å². The maximum absolute atomic E-state index is 11.9. The third kappa shape index (κ3) is 4.65. The van der Waals surface area contributed by atoms with Gasteiger partial charge in [-0.3, -0.25) is 9.78 Å². The number of rotatable bonds is 5. The standard InChI is InChI=1S/C16H20N4O/c1-12-8-18-15(10-17-12)16(21)19-9-13-4-6-14(7-5-13)11-20(2)3/h4-8,10H,9,11H2,1-3H3,(H,19,21). The van der Waals surface area contributed by atoms with Crippen LogP contribution in [0, 0.1) is 6.92 Å². The molecule has 0 spiro atoms. The summed E-state index contributed by atoms with van der Waals surface area (Å²) >= 11 is 0. The summed E-state index contributed by atoms with van der Waals surface area (Å²) in [6, 6.07) is 8.21. The molecule has 5 heteroatoms. The van der Waals surface area contributed by atoms with Gasteiger partial charge in [0.15, 0.2) is 0 Å². The highest BCUT2D eigenvalue weighted by Gasteiger charge is 2.07. The molecule has 2 aromatic rings. The zero-order valence-electron chi connectivity index (χ0n) is 12.6. The van der Waals surface area contributed by atoms with Crippen molar-refractivity contribution in [3.8, 4) is 0 Å². The summed E-state index contributed by atoms with van der Waals surface area (Å²) in [6.45, 7) is 3.23. The van der Waals surface area contributed by atoms with Crippen LogP contribution in [-0.2, 0) is 13.1 Å². The van der Waals surface area contributed by atoms with E-state index in [0.717, 1.165) is 17.8 Å². The molecule has 1 heterocycles. The molecule has 1 aromatic heterocycles. The number of carbonyl (C=O) groups is 1. The van der Waals surface area contributed by atoms with Crippen LogP contribution in [0.1, 0.15) is 27.3 Å². The lowest BCUT2D eigenvalue weighted by Crippen LogP contribution is -2.24. The van der Waals surface area contributed by atoms with Gasteiger partial charge < -0.3 is 10.2 Å². The number of hydrogen-bond donors (Lipinski definition) is 1. The summed E-state index contributed by atoms with van der Waals surface area (Å²) in [5, 5.41) is 2.84. The van der Waals surface area contributed by atoms with Crippen LogP contribution in [-0.4, -0.2) is 34.9 Å². The molecule has 1 aromatic carbocycles. The van der Waals surface area contributed by atoms with Crippen LogP contribution >= 0.6 is 0 Å². The minimum atomic E-state index is -0.208. The summed E-state index contributed by atoms with van der Waals surface area (Å²) in [4.78, 5) is 22.2. The van der Waals surface area contributed by atoms with E-state index in [1.54, 1.807) is 6.20 Å².